The number of nitrogens with zero attached hydrogens (tertiary/aromatic N) is 4. The van der Waals surface area contributed by atoms with E-state index in [9.17, 15) is 0 Å². The van der Waals surface area contributed by atoms with Gasteiger partial charge >= 0.3 is 0 Å². The van der Waals surface area contributed by atoms with Crippen molar-refractivity contribution in [2.24, 2.45) is 0 Å². The number of aromatic nitrogens is 3. The molecule has 2 aliphatic rings. The van der Waals surface area contributed by atoms with Crippen molar-refractivity contribution in [1.82, 2.24) is 15.0 Å². The van der Waals surface area contributed by atoms with Crippen molar-refractivity contribution >= 4 is 37.6 Å². The van der Waals surface area contributed by atoms with Crippen LogP contribution in [-0.4, -0.2) is 46.9 Å². The number of anilines is 1. The number of hydrogen-bond acceptors (Lipinski definition) is 7. The number of thiophene rings is 1. The Morgan fingerprint density at radius 3 is 2.88 bits per heavy atom. The zero-order chi connectivity index (χ0) is 17.0. The molecule has 0 N–H and O–H groups in total. The fourth-order valence-electron chi connectivity index (χ4n) is 3.57. The summed E-state index contributed by atoms with van der Waals surface area (Å²) in [7, 11) is 0. The van der Waals surface area contributed by atoms with Gasteiger partial charge in [-0.2, -0.15) is 0 Å². The predicted molar refractivity (Wildman–Crippen MR) is 98.3 cm³/mol. The molecule has 7 heteroatoms. The molecule has 5 rings (SSSR count). The number of hydrogen-bond donors (Lipinski definition) is 0. The second-order valence-corrected chi connectivity index (χ2v) is 8.25. The standard InChI is InChI=1S/C18H20N4O2S/c1-18(2)8-13-11(9-24-18)7-12-14-15(25-17(12)21-13)16(20-10-19-14)22-3-5-23-6-4-22/h7,10H,3-6,8-9H2,1-2H3. The second-order valence-electron chi connectivity index (χ2n) is 7.25. The summed E-state index contributed by atoms with van der Waals surface area (Å²) >= 11 is 1.70. The van der Waals surface area contributed by atoms with E-state index in [-0.39, 0.29) is 5.60 Å². The van der Waals surface area contributed by atoms with Gasteiger partial charge in [0.2, 0.25) is 0 Å². The van der Waals surface area contributed by atoms with Crippen molar-refractivity contribution in [3.05, 3.63) is 23.7 Å². The first-order valence-electron chi connectivity index (χ1n) is 8.63. The van der Waals surface area contributed by atoms with Crippen molar-refractivity contribution < 1.29 is 9.47 Å². The van der Waals surface area contributed by atoms with E-state index in [4.69, 9.17) is 14.5 Å². The molecule has 0 amide bonds. The number of morpholine rings is 1. The fourth-order valence-corrected chi connectivity index (χ4v) is 4.72. The SMILES string of the molecule is CC1(C)Cc2nc3sc4c(N5CCOCC5)ncnc4c3cc2CO1. The van der Waals surface area contributed by atoms with Crippen LogP contribution in [0.1, 0.15) is 25.1 Å². The maximum Gasteiger partial charge on any atom is 0.150 e. The van der Waals surface area contributed by atoms with Crippen LogP contribution in [0.3, 0.4) is 0 Å². The molecule has 0 aromatic carbocycles. The van der Waals surface area contributed by atoms with Crippen molar-refractivity contribution in [2.75, 3.05) is 31.2 Å². The molecule has 3 aromatic rings. The third-order valence-corrected chi connectivity index (χ3v) is 6.00. The number of rotatable bonds is 1. The van der Waals surface area contributed by atoms with Gasteiger partial charge in [0, 0.05) is 30.5 Å². The van der Waals surface area contributed by atoms with Crippen LogP contribution in [0.25, 0.3) is 20.4 Å². The average Bonchev–Trinajstić information content (AvgIpc) is 2.97. The Morgan fingerprint density at radius 2 is 2.04 bits per heavy atom. The Kier molecular flexibility index (Phi) is 3.45. The van der Waals surface area contributed by atoms with E-state index in [0.29, 0.717) is 6.61 Å². The molecule has 5 heterocycles. The first-order chi connectivity index (χ1) is 12.1. The summed E-state index contributed by atoms with van der Waals surface area (Å²) in [6.45, 7) is 8.08. The van der Waals surface area contributed by atoms with Crippen LogP contribution >= 0.6 is 11.3 Å². The Morgan fingerprint density at radius 1 is 1.20 bits per heavy atom. The van der Waals surface area contributed by atoms with Crippen LogP contribution in [-0.2, 0) is 22.5 Å². The van der Waals surface area contributed by atoms with Gasteiger partial charge in [0.25, 0.3) is 0 Å². The van der Waals surface area contributed by atoms with E-state index in [1.165, 1.54) is 5.56 Å². The largest absolute Gasteiger partial charge is 0.378 e. The third kappa shape index (κ3) is 2.58. The lowest BCUT2D eigenvalue weighted by Gasteiger charge is -2.30. The molecule has 130 valence electrons. The molecule has 0 radical (unpaired) electrons. The first-order valence-corrected chi connectivity index (χ1v) is 9.45. The number of ether oxygens (including phenoxy) is 2. The Labute approximate surface area is 149 Å². The van der Waals surface area contributed by atoms with Gasteiger partial charge in [-0.1, -0.05) is 0 Å². The van der Waals surface area contributed by atoms with Gasteiger partial charge in [0.1, 0.15) is 17.0 Å². The summed E-state index contributed by atoms with van der Waals surface area (Å²) in [5.74, 6) is 1.01. The maximum absolute atomic E-state index is 5.96. The highest BCUT2D eigenvalue weighted by molar-refractivity contribution is 7.25. The molecule has 3 aromatic heterocycles. The number of fused-ring (bicyclic) bond motifs is 4. The molecule has 0 spiro atoms. The Bertz CT molecular complexity index is 963. The van der Waals surface area contributed by atoms with Crippen LogP contribution in [0.2, 0.25) is 0 Å². The van der Waals surface area contributed by atoms with E-state index < -0.39 is 0 Å². The highest BCUT2D eigenvalue weighted by Crippen LogP contribution is 2.39. The van der Waals surface area contributed by atoms with E-state index >= 15 is 0 Å². The highest BCUT2D eigenvalue weighted by Gasteiger charge is 2.28. The molecule has 1 saturated heterocycles. The van der Waals surface area contributed by atoms with Gasteiger partial charge in [-0.15, -0.1) is 11.3 Å². The fraction of sp³-hybridized carbons (Fsp3) is 0.500. The highest BCUT2D eigenvalue weighted by atomic mass is 32.1. The summed E-state index contributed by atoms with van der Waals surface area (Å²) in [4.78, 5) is 17.4. The van der Waals surface area contributed by atoms with Gasteiger partial charge < -0.3 is 14.4 Å². The molecule has 0 bridgehead atoms. The van der Waals surface area contributed by atoms with E-state index in [0.717, 1.165) is 64.7 Å². The molecular weight excluding hydrogens is 336 g/mol. The zero-order valence-electron chi connectivity index (χ0n) is 14.4. The third-order valence-electron chi connectivity index (χ3n) is 4.92. The Hall–Kier alpha value is -1.83. The summed E-state index contributed by atoms with van der Waals surface area (Å²) in [6.07, 6.45) is 2.51. The normalized spacial score (nSPS) is 20.2. The molecule has 0 saturated carbocycles. The topological polar surface area (TPSA) is 60.4 Å². The van der Waals surface area contributed by atoms with E-state index in [1.54, 1.807) is 17.7 Å². The van der Waals surface area contributed by atoms with Crippen LogP contribution in [0.5, 0.6) is 0 Å². The lowest BCUT2D eigenvalue weighted by atomic mass is 9.95. The average molecular weight is 356 g/mol. The minimum atomic E-state index is -0.150. The molecule has 25 heavy (non-hydrogen) atoms. The molecule has 0 aliphatic carbocycles. The Balaban J connectivity index is 1.68. The molecule has 2 aliphatic heterocycles. The van der Waals surface area contributed by atoms with E-state index in [1.807, 2.05) is 0 Å². The van der Waals surface area contributed by atoms with Gasteiger partial charge in [0.05, 0.1) is 41.3 Å². The lowest BCUT2D eigenvalue weighted by molar-refractivity contribution is -0.0411. The maximum atomic E-state index is 5.96. The quantitative estimate of drug-likeness (QED) is 0.668. The second kappa shape index (κ2) is 5.59. The van der Waals surface area contributed by atoms with Gasteiger partial charge in [-0.05, 0) is 19.9 Å². The van der Waals surface area contributed by atoms with Crippen LogP contribution in [0, 0.1) is 0 Å². The zero-order valence-corrected chi connectivity index (χ0v) is 15.2. The summed E-state index contributed by atoms with van der Waals surface area (Å²) in [5, 5.41) is 1.11. The van der Waals surface area contributed by atoms with Crippen LogP contribution in [0.4, 0.5) is 5.82 Å². The van der Waals surface area contributed by atoms with E-state index in [2.05, 4.69) is 34.8 Å². The summed E-state index contributed by atoms with van der Waals surface area (Å²) in [6, 6.07) is 2.21. The van der Waals surface area contributed by atoms with Crippen LogP contribution in [0.15, 0.2) is 12.4 Å². The lowest BCUT2D eigenvalue weighted by Crippen LogP contribution is -2.36. The monoisotopic (exact) mass is 356 g/mol. The molecule has 6 nitrogen and oxygen atoms in total. The number of pyridine rings is 1. The van der Waals surface area contributed by atoms with Gasteiger partial charge in [-0.3, -0.25) is 0 Å². The molecule has 0 atom stereocenters. The van der Waals surface area contributed by atoms with Gasteiger partial charge in [0.15, 0.2) is 0 Å². The van der Waals surface area contributed by atoms with Crippen molar-refractivity contribution in [3.63, 3.8) is 0 Å². The smallest absolute Gasteiger partial charge is 0.150 e. The van der Waals surface area contributed by atoms with Crippen molar-refractivity contribution in [1.29, 1.82) is 0 Å². The first kappa shape index (κ1) is 15.4. The predicted octanol–water partition coefficient (Wildman–Crippen LogP) is 2.93. The minimum absolute atomic E-state index is 0.150. The summed E-state index contributed by atoms with van der Waals surface area (Å²) < 4.78 is 12.5. The van der Waals surface area contributed by atoms with Crippen molar-refractivity contribution in [2.45, 2.75) is 32.5 Å². The van der Waals surface area contributed by atoms with Crippen molar-refractivity contribution in [3.8, 4) is 0 Å². The molecular formula is C18H20N4O2S. The molecule has 1 fully saturated rings. The van der Waals surface area contributed by atoms with Crippen LogP contribution < -0.4 is 4.90 Å². The minimum Gasteiger partial charge on any atom is -0.378 e. The summed E-state index contributed by atoms with van der Waals surface area (Å²) in [5.41, 5.74) is 3.18. The molecule has 0 unspecified atom stereocenters. The van der Waals surface area contributed by atoms with Gasteiger partial charge in [-0.25, -0.2) is 15.0 Å².